The highest BCUT2D eigenvalue weighted by atomic mass is 16.3. The van der Waals surface area contributed by atoms with Crippen LogP contribution < -0.4 is 0 Å². The molecule has 2 aromatic heterocycles. The molecule has 8 aromatic carbocycles. The minimum atomic E-state index is 0.635. The number of nitrogens with zero attached hydrogens (tertiary/aromatic N) is 3. The van der Waals surface area contributed by atoms with Gasteiger partial charge in [0.2, 0.25) is 0 Å². The zero-order chi connectivity index (χ0) is 36.3. The lowest BCUT2D eigenvalue weighted by Gasteiger charge is -2.12. The topological polar surface area (TPSA) is 51.8 Å². The molecule has 1 aliphatic carbocycles. The molecule has 0 amide bonds. The van der Waals surface area contributed by atoms with Crippen LogP contribution in [0.1, 0.15) is 18.7 Å². The molecule has 0 saturated carbocycles. The highest BCUT2D eigenvalue weighted by molar-refractivity contribution is 6.25. The molecule has 0 fully saturated rings. The largest absolute Gasteiger partial charge is 0.456 e. The van der Waals surface area contributed by atoms with Crippen LogP contribution in [0.4, 0.5) is 0 Å². The number of hydrogen-bond donors (Lipinski definition) is 0. The molecule has 0 unspecified atom stereocenters. The fraction of sp³-hybridized carbons (Fsp3) is 0.0392. The van der Waals surface area contributed by atoms with Gasteiger partial charge in [0.05, 0.1) is 0 Å². The van der Waals surface area contributed by atoms with E-state index in [2.05, 4.69) is 146 Å². The van der Waals surface area contributed by atoms with Gasteiger partial charge in [-0.1, -0.05) is 146 Å². The maximum absolute atomic E-state index is 6.44. The molecule has 2 heterocycles. The summed E-state index contributed by atoms with van der Waals surface area (Å²) in [6.45, 7) is 0. The van der Waals surface area contributed by atoms with E-state index in [1.54, 1.807) is 0 Å². The van der Waals surface area contributed by atoms with E-state index in [4.69, 9.17) is 19.4 Å². The van der Waals surface area contributed by atoms with E-state index in [0.29, 0.717) is 11.6 Å². The van der Waals surface area contributed by atoms with Crippen LogP contribution in [0.25, 0.3) is 105 Å². The van der Waals surface area contributed by atoms with E-state index in [-0.39, 0.29) is 0 Å². The predicted octanol–water partition coefficient (Wildman–Crippen LogP) is 13.6. The van der Waals surface area contributed by atoms with Crippen molar-refractivity contribution in [3.05, 3.63) is 182 Å². The number of benzene rings is 8. The number of hydrogen-bond acceptors (Lipinski definition) is 4. The molecule has 10 aromatic rings. The first-order valence-electron chi connectivity index (χ1n) is 18.8. The summed E-state index contributed by atoms with van der Waals surface area (Å²) in [5.41, 5.74) is 9.34. The third-order valence-electron chi connectivity index (χ3n) is 11.0. The van der Waals surface area contributed by atoms with E-state index in [1.807, 2.05) is 30.3 Å². The molecular formula is C51H33N3O. The summed E-state index contributed by atoms with van der Waals surface area (Å²) >= 11 is 0. The zero-order valence-corrected chi connectivity index (χ0v) is 29.9. The maximum atomic E-state index is 6.44. The SMILES string of the molecule is C1=CCCC(c2nc(-c3ccccc3)nc(-c3ccc4c(c3)oc3ccc(-c5ccc(-c6ccc7c8ccccc8c8ccccc8c7c6)cc5)cc34)n2)=C1. The Kier molecular flexibility index (Phi) is 7.27. The van der Waals surface area contributed by atoms with Crippen molar-refractivity contribution in [1.82, 2.24) is 15.0 Å². The Morgan fingerprint density at radius 3 is 1.56 bits per heavy atom. The molecule has 55 heavy (non-hydrogen) atoms. The lowest BCUT2D eigenvalue weighted by atomic mass is 9.92. The van der Waals surface area contributed by atoms with Gasteiger partial charge < -0.3 is 4.42 Å². The van der Waals surface area contributed by atoms with Crippen molar-refractivity contribution in [1.29, 1.82) is 0 Å². The molecule has 0 saturated heterocycles. The van der Waals surface area contributed by atoms with E-state index in [9.17, 15) is 0 Å². The predicted molar refractivity (Wildman–Crippen MR) is 228 cm³/mol. The molecule has 4 nitrogen and oxygen atoms in total. The van der Waals surface area contributed by atoms with Crippen molar-refractivity contribution in [2.75, 3.05) is 0 Å². The van der Waals surface area contributed by atoms with Gasteiger partial charge in [0.25, 0.3) is 0 Å². The summed E-state index contributed by atoms with van der Waals surface area (Å²) in [6, 6.07) is 56.1. The average molecular weight is 704 g/mol. The molecule has 0 aliphatic heterocycles. The van der Waals surface area contributed by atoms with Crippen LogP contribution >= 0.6 is 0 Å². The second-order valence-electron chi connectivity index (χ2n) is 14.3. The molecule has 1 aliphatic rings. The van der Waals surface area contributed by atoms with Crippen LogP contribution in [-0.2, 0) is 0 Å². The molecule has 11 rings (SSSR count). The molecule has 0 N–H and O–H groups in total. The van der Waals surface area contributed by atoms with Crippen molar-refractivity contribution in [2.24, 2.45) is 0 Å². The van der Waals surface area contributed by atoms with Gasteiger partial charge in [-0.05, 0) is 103 Å². The highest BCUT2D eigenvalue weighted by Gasteiger charge is 2.17. The van der Waals surface area contributed by atoms with Gasteiger partial charge in [0.1, 0.15) is 11.2 Å². The summed E-state index contributed by atoms with van der Waals surface area (Å²) in [6.07, 6.45) is 8.25. The number of allylic oxidation sites excluding steroid dienone is 4. The quantitative estimate of drug-likeness (QED) is 0.167. The van der Waals surface area contributed by atoms with Crippen molar-refractivity contribution in [3.8, 4) is 45.0 Å². The Morgan fingerprint density at radius 1 is 0.364 bits per heavy atom. The first kappa shape index (κ1) is 31.4. The van der Waals surface area contributed by atoms with Gasteiger partial charge in [-0.15, -0.1) is 0 Å². The average Bonchev–Trinajstić information content (AvgIpc) is 3.64. The maximum Gasteiger partial charge on any atom is 0.164 e. The normalized spacial score (nSPS) is 13.0. The van der Waals surface area contributed by atoms with Crippen molar-refractivity contribution >= 4 is 59.8 Å². The first-order valence-corrected chi connectivity index (χ1v) is 18.8. The van der Waals surface area contributed by atoms with E-state index >= 15 is 0 Å². The first-order chi connectivity index (χ1) is 27.2. The van der Waals surface area contributed by atoms with Gasteiger partial charge in [-0.3, -0.25) is 0 Å². The lowest BCUT2D eigenvalue weighted by Crippen LogP contribution is -2.03. The molecule has 0 bridgehead atoms. The Labute approximate surface area is 317 Å². The fourth-order valence-electron chi connectivity index (χ4n) is 8.19. The number of aromatic nitrogens is 3. The Bertz CT molecular complexity index is 3160. The number of rotatable bonds is 5. The molecule has 0 spiro atoms. The third-order valence-corrected chi connectivity index (χ3v) is 11.0. The van der Waals surface area contributed by atoms with Crippen LogP contribution in [0.15, 0.2) is 180 Å². The Balaban J connectivity index is 0.941. The van der Waals surface area contributed by atoms with Crippen molar-refractivity contribution < 1.29 is 4.42 Å². The van der Waals surface area contributed by atoms with Gasteiger partial charge >= 0.3 is 0 Å². The summed E-state index contributed by atoms with van der Waals surface area (Å²) in [5, 5.41) is 9.87. The fourth-order valence-corrected chi connectivity index (χ4v) is 8.19. The Hall–Kier alpha value is -7.17. The number of fused-ring (bicyclic) bond motifs is 9. The Morgan fingerprint density at radius 2 is 0.891 bits per heavy atom. The smallest absolute Gasteiger partial charge is 0.164 e. The molecule has 0 radical (unpaired) electrons. The molecular weight excluding hydrogens is 671 g/mol. The summed E-state index contributed by atoms with van der Waals surface area (Å²) in [7, 11) is 0. The van der Waals surface area contributed by atoms with Crippen LogP contribution in [0.5, 0.6) is 0 Å². The van der Waals surface area contributed by atoms with E-state index < -0.39 is 0 Å². The van der Waals surface area contributed by atoms with Gasteiger partial charge in [0, 0.05) is 21.9 Å². The van der Waals surface area contributed by atoms with Gasteiger partial charge in [0.15, 0.2) is 17.5 Å². The minimum absolute atomic E-state index is 0.635. The van der Waals surface area contributed by atoms with Crippen LogP contribution in [0, 0.1) is 0 Å². The summed E-state index contributed by atoms with van der Waals surface area (Å²) < 4.78 is 6.44. The van der Waals surface area contributed by atoms with Crippen LogP contribution in [-0.4, -0.2) is 15.0 Å². The molecule has 0 atom stereocenters. The van der Waals surface area contributed by atoms with Gasteiger partial charge in [-0.2, -0.15) is 0 Å². The van der Waals surface area contributed by atoms with Crippen molar-refractivity contribution in [3.63, 3.8) is 0 Å². The van der Waals surface area contributed by atoms with E-state index in [0.717, 1.165) is 68.4 Å². The summed E-state index contributed by atoms with van der Waals surface area (Å²) in [4.78, 5) is 14.8. The van der Waals surface area contributed by atoms with Crippen LogP contribution in [0.3, 0.4) is 0 Å². The van der Waals surface area contributed by atoms with E-state index in [1.165, 1.54) is 43.4 Å². The number of furan rings is 1. The van der Waals surface area contributed by atoms with Gasteiger partial charge in [-0.25, -0.2) is 15.0 Å². The monoisotopic (exact) mass is 703 g/mol. The lowest BCUT2D eigenvalue weighted by molar-refractivity contribution is 0.669. The van der Waals surface area contributed by atoms with Crippen molar-refractivity contribution in [2.45, 2.75) is 12.8 Å². The highest BCUT2D eigenvalue weighted by Crippen LogP contribution is 2.39. The second-order valence-corrected chi connectivity index (χ2v) is 14.3. The third kappa shape index (κ3) is 5.42. The zero-order valence-electron chi connectivity index (χ0n) is 29.9. The molecule has 258 valence electrons. The van der Waals surface area contributed by atoms with Crippen LogP contribution in [0.2, 0.25) is 0 Å². The summed E-state index contributed by atoms with van der Waals surface area (Å²) in [5.74, 6) is 2.02. The molecule has 4 heteroatoms. The standard InChI is InChI=1S/C51H33N3O/c1-3-11-34(12-4-1)49-52-50(35-13-5-2-6-14-35)54-51(53-49)38-24-27-44-46-30-37(25-28-47(46)55-48(44)31-38)33-21-19-32(20-22-33)36-23-26-43-41-17-8-7-15-39(41)40-16-9-10-18-42(40)45(43)29-36/h1-5,7-13,15-31H,6,14H2. The second kappa shape index (κ2) is 12.8. The minimum Gasteiger partial charge on any atom is -0.456 e.